The Labute approximate surface area is 76.1 Å². The number of carboxylic acid groups (broad SMARTS) is 1. The van der Waals surface area contributed by atoms with Gasteiger partial charge < -0.3 is 5.11 Å². The molecule has 0 aromatic heterocycles. The van der Waals surface area contributed by atoms with Gasteiger partial charge in [-0.3, -0.25) is 10.1 Å². The highest BCUT2D eigenvalue weighted by molar-refractivity contribution is 7.80. The van der Waals surface area contributed by atoms with Crippen molar-refractivity contribution in [3.8, 4) is 0 Å². The van der Waals surface area contributed by atoms with Crippen molar-refractivity contribution in [1.82, 2.24) is 5.32 Å². The summed E-state index contributed by atoms with van der Waals surface area (Å²) in [5, 5.41) is 10.7. The second-order valence-electron chi connectivity index (χ2n) is 2.23. The van der Waals surface area contributed by atoms with Gasteiger partial charge in [0.25, 0.3) is 0 Å². The lowest BCUT2D eigenvalue weighted by Crippen LogP contribution is -2.42. The molecular formula is C7H12FNO2S. The van der Waals surface area contributed by atoms with Crippen molar-refractivity contribution in [3.05, 3.63) is 12.7 Å². The van der Waals surface area contributed by atoms with Crippen molar-refractivity contribution in [2.75, 3.05) is 5.75 Å². The maximum Gasteiger partial charge on any atom is 0.321 e. The molecule has 0 aliphatic heterocycles. The Bertz CT molecular complexity index is 165. The standard InChI is InChI=1S/C7H12FNO2S/c1-2-3-6(8)9-5(4-12)7(10)11/h2,5-6,9,12H,1,3-4H2,(H,10,11). The molecule has 12 heavy (non-hydrogen) atoms. The number of nitrogens with one attached hydrogen (secondary N) is 1. The van der Waals surface area contributed by atoms with Crippen molar-refractivity contribution in [2.24, 2.45) is 0 Å². The van der Waals surface area contributed by atoms with Crippen LogP contribution in [0.15, 0.2) is 12.7 Å². The van der Waals surface area contributed by atoms with Crippen molar-refractivity contribution < 1.29 is 14.3 Å². The van der Waals surface area contributed by atoms with Gasteiger partial charge in [0.1, 0.15) is 6.04 Å². The van der Waals surface area contributed by atoms with Crippen molar-refractivity contribution in [3.63, 3.8) is 0 Å². The molecule has 0 aromatic rings. The molecule has 5 heteroatoms. The molecule has 2 N–H and O–H groups in total. The molecule has 0 bridgehead atoms. The first-order chi connectivity index (χ1) is 5.61. The molecule has 0 aliphatic rings. The average molecular weight is 193 g/mol. The molecule has 2 unspecified atom stereocenters. The normalized spacial score (nSPS) is 15.2. The molecule has 0 saturated heterocycles. The predicted octanol–water partition coefficient (Wildman–Crippen LogP) is 0.831. The van der Waals surface area contributed by atoms with Crippen LogP contribution in [0.5, 0.6) is 0 Å². The largest absolute Gasteiger partial charge is 0.480 e. The van der Waals surface area contributed by atoms with Gasteiger partial charge in [-0.25, -0.2) is 4.39 Å². The fraction of sp³-hybridized carbons (Fsp3) is 0.571. The Morgan fingerprint density at radius 3 is 2.75 bits per heavy atom. The first-order valence-corrected chi connectivity index (χ1v) is 4.09. The molecule has 0 aromatic carbocycles. The summed E-state index contributed by atoms with van der Waals surface area (Å²) in [5.41, 5.74) is 0. The van der Waals surface area contributed by atoms with Crippen LogP contribution in [0.3, 0.4) is 0 Å². The minimum Gasteiger partial charge on any atom is -0.480 e. The third-order valence-electron chi connectivity index (χ3n) is 1.24. The van der Waals surface area contributed by atoms with Gasteiger partial charge in [-0.2, -0.15) is 12.6 Å². The highest BCUT2D eigenvalue weighted by atomic mass is 32.1. The number of hydrogen-bond acceptors (Lipinski definition) is 3. The first-order valence-electron chi connectivity index (χ1n) is 3.46. The highest BCUT2D eigenvalue weighted by Gasteiger charge is 2.18. The van der Waals surface area contributed by atoms with Gasteiger partial charge in [0.2, 0.25) is 0 Å². The van der Waals surface area contributed by atoms with E-state index in [2.05, 4.69) is 24.5 Å². The van der Waals surface area contributed by atoms with Crippen LogP contribution in [-0.4, -0.2) is 29.2 Å². The van der Waals surface area contributed by atoms with E-state index < -0.39 is 18.3 Å². The Balaban J connectivity index is 3.84. The Hall–Kier alpha value is -0.550. The van der Waals surface area contributed by atoms with Gasteiger partial charge in [0.05, 0.1) is 0 Å². The number of halogens is 1. The van der Waals surface area contributed by atoms with Gasteiger partial charge in [-0.1, -0.05) is 6.08 Å². The molecule has 0 heterocycles. The van der Waals surface area contributed by atoms with Crippen LogP contribution in [0.25, 0.3) is 0 Å². The van der Waals surface area contributed by atoms with E-state index in [9.17, 15) is 9.18 Å². The summed E-state index contributed by atoms with van der Waals surface area (Å²) in [4.78, 5) is 10.4. The maximum absolute atomic E-state index is 12.7. The summed E-state index contributed by atoms with van der Waals surface area (Å²) < 4.78 is 12.7. The summed E-state index contributed by atoms with van der Waals surface area (Å²) in [6.07, 6.45) is 0.114. The third-order valence-corrected chi connectivity index (χ3v) is 1.60. The van der Waals surface area contributed by atoms with Gasteiger partial charge in [0.15, 0.2) is 6.30 Å². The van der Waals surface area contributed by atoms with Crippen LogP contribution in [0.4, 0.5) is 4.39 Å². The van der Waals surface area contributed by atoms with Crippen LogP contribution in [-0.2, 0) is 4.79 Å². The van der Waals surface area contributed by atoms with E-state index in [1.165, 1.54) is 6.08 Å². The van der Waals surface area contributed by atoms with E-state index in [-0.39, 0.29) is 12.2 Å². The molecule has 0 spiro atoms. The topological polar surface area (TPSA) is 49.3 Å². The molecule has 0 amide bonds. The molecule has 0 aliphatic carbocycles. The Morgan fingerprint density at radius 2 is 2.42 bits per heavy atom. The third kappa shape index (κ3) is 4.35. The van der Waals surface area contributed by atoms with Crippen LogP contribution >= 0.6 is 12.6 Å². The van der Waals surface area contributed by atoms with E-state index in [1.54, 1.807) is 0 Å². The number of aliphatic carboxylic acids is 1. The molecule has 2 atom stereocenters. The second-order valence-corrected chi connectivity index (χ2v) is 2.60. The second kappa shape index (κ2) is 6.02. The molecule has 70 valence electrons. The SMILES string of the molecule is C=CCC(F)NC(CS)C(=O)O. The van der Waals surface area contributed by atoms with Crippen LogP contribution < -0.4 is 5.32 Å². The molecular weight excluding hydrogens is 181 g/mol. The van der Waals surface area contributed by atoms with E-state index in [0.717, 1.165) is 0 Å². The zero-order valence-corrected chi connectivity index (χ0v) is 7.43. The van der Waals surface area contributed by atoms with E-state index in [1.807, 2.05) is 0 Å². The van der Waals surface area contributed by atoms with Crippen LogP contribution in [0, 0.1) is 0 Å². The van der Waals surface area contributed by atoms with Gasteiger partial charge in [-0.15, -0.1) is 6.58 Å². The lowest BCUT2D eigenvalue weighted by atomic mass is 10.3. The zero-order chi connectivity index (χ0) is 9.56. The molecule has 0 fully saturated rings. The lowest BCUT2D eigenvalue weighted by Gasteiger charge is -2.14. The predicted molar refractivity (Wildman–Crippen MR) is 48.1 cm³/mol. The number of carboxylic acids is 1. The average Bonchev–Trinajstić information content (AvgIpc) is 2.00. The lowest BCUT2D eigenvalue weighted by molar-refractivity contribution is -0.139. The summed E-state index contributed by atoms with van der Waals surface area (Å²) in [6.45, 7) is 3.33. The Kier molecular flexibility index (Phi) is 5.74. The van der Waals surface area contributed by atoms with Crippen LogP contribution in [0.1, 0.15) is 6.42 Å². The highest BCUT2D eigenvalue weighted by Crippen LogP contribution is 1.98. The van der Waals surface area contributed by atoms with E-state index in [4.69, 9.17) is 5.11 Å². The Morgan fingerprint density at radius 1 is 1.83 bits per heavy atom. The van der Waals surface area contributed by atoms with Gasteiger partial charge >= 0.3 is 5.97 Å². The van der Waals surface area contributed by atoms with Crippen molar-refractivity contribution >= 4 is 18.6 Å². The minimum atomic E-state index is -1.37. The zero-order valence-electron chi connectivity index (χ0n) is 6.53. The van der Waals surface area contributed by atoms with Crippen molar-refractivity contribution in [1.29, 1.82) is 0 Å². The van der Waals surface area contributed by atoms with E-state index >= 15 is 0 Å². The first kappa shape index (κ1) is 11.4. The van der Waals surface area contributed by atoms with Crippen molar-refractivity contribution in [2.45, 2.75) is 18.8 Å². The fourth-order valence-corrected chi connectivity index (χ4v) is 0.896. The maximum atomic E-state index is 12.7. The van der Waals surface area contributed by atoms with Gasteiger partial charge in [-0.05, 0) is 0 Å². The summed E-state index contributed by atoms with van der Waals surface area (Å²) in [6, 6.07) is -0.941. The van der Waals surface area contributed by atoms with E-state index in [0.29, 0.717) is 0 Å². The minimum absolute atomic E-state index is 0.0624. The molecule has 0 rings (SSSR count). The number of hydrogen-bond donors (Lipinski definition) is 3. The molecule has 0 saturated carbocycles. The van der Waals surface area contributed by atoms with Crippen LogP contribution in [0.2, 0.25) is 0 Å². The molecule has 3 nitrogen and oxygen atoms in total. The molecule has 0 radical (unpaired) electrons. The fourth-order valence-electron chi connectivity index (χ4n) is 0.635. The number of alkyl halides is 1. The summed E-state index contributed by atoms with van der Waals surface area (Å²) >= 11 is 3.76. The summed E-state index contributed by atoms with van der Waals surface area (Å²) in [5.74, 6) is -1.04. The smallest absolute Gasteiger partial charge is 0.321 e. The monoisotopic (exact) mass is 193 g/mol. The number of rotatable bonds is 6. The van der Waals surface area contributed by atoms with Gasteiger partial charge in [0, 0.05) is 12.2 Å². The quantitative estimate of drug-likeness (QED) is 0.333. The number of thiol groups is 1. The summed E-state index contributed by atoms with van der Waals surface area (Å²) in [7, 11) is 0. The number of carbonyl (C=O) groups is 1.